The van der Waals surface area contributed by atoms with Crippen LogP contribution < -0.4 is 20.1 Å². The van der Waals surface area contributed by atoms with E-state index in [2.05, 4.69) is 40.5 Å². The number of benzene rings is 1. The van der Waals surface area contributed by atoms with E-state index in [1.54, 1.807) is 23.1 Å². The molecular formula is C25H35N5O5Si. The molecule has 1 aromatic carbocycles. The molecule has 1 saturated carbocycles. The number of urea groups is 1. The Hall–Kier alpha value is -3.05. The highest BCUT2D eigenvalue weighted by atomic mass is 28.3. The van der Waals surface area contributed by atoms with Gasteiger partial charge in [-0.2, -0.15) is 5.10 Å². The lowest BCUT2D eigenvalue weighted by Crippen LogP contribution is -2.52. The largest absolute Gasteiger partial charge is 0.454 e. The van der Waals surface area contributed by atoms with Crippen molar-refractivity contribution >= 4 is 25.8 Å². The Morgan fingerprint density at radius 1 is 1.25 bits per heavy atom. The predicted molar refractivity (Wildman–Crippen MR) is 137 cm³/mol. The molecule has 1 unspecified atom stereocenters. The Morgan fingerprint density at radius 2 is 2.00 bits per heavy atom. The molecule has 194 valence electrons. The molecule has 11 heteroatoms. The molecule has 0 bridgehead atoms. The number of nitrogens with one attached hydrogen (secondary N) is 3. The van der Waals surface area contributed by atoms with Gasteiger partial charge in [-0.05, 0) is 32.8 Å². The van der Waals surface area contributed by atoms with Crippen LogP contribution in [0.15, 0.2) is 18.2 Å². The Balaban J connectivity index is 1.34. The maximum Gasteiger partial charge on any atom is 0.319 e. The number of amides is 3. The van der Waals surface area contributed by atoms with E-state index in [0.717, 1.165) is 30.5 Å². The van der Waals surface area contributed by atoms with E-state index in [4.69, 9.17) is 9.47 Å². The van der Waals surface area contributed by atoms with E-state index in [0.29, 0.717) is 22.9 Å². The van der Waals surface area contributed by atoms with Crippen LogP contribution in [0.5, 0.6) is 11.5 Å². The number of aliphatic hydroxyl groups is 1. The van der Waals surface area contributed by atoms with Crippen LogP contribution in [0.1, 0.15) is 56.0 Å². The van der Waals surface area contributed by atoms with E-state index in [-0.39, 0.29) is 36.9 Å². The number of hydrogen-bond acceptors (Lipinski definition) is 6. The minimum Gasteiger partial charge on any atom is -0.454 e. The van der Waals surface area contributed by atoms with Gasteiger partial charge in [-0.1, -0.05) is 38.2 Å². The van der Waals surface area contributed by atoms with Crippen LogP contribution in [-0.4, -0.2) is 53.6 Å². The Bertz CT molecular complexity index is 1200. The molecule has 5 rings (SSSR count). The first-order valence-electron chi connectivity index (χ1n) is 12.5. The molecule has 10 nitrogen and oxygen atoms in total. The summed E-state index contributed by atoms with van der Waals surface area (Å²) < 4.78 is 11.0. The van der Waals surface area contributed by atoms with Crippen LogP contribution in [0, 0.1) is 0 Å². The molecule has 2 aliphatic heterocycles. The summed E-state index contributed by atoms with van der Waals surface area (Å²) in [7, 11) is -1.74. The normalized spacial score (nSPS) is 19.9. The smallest absolute Gasteiger partial charge is 0.319 e. The van der Waals surface area contributed by atoms with E-state index >= 15 is 0 Å². The standard InChI is InChI=1S/C25H35N5O5Si/c1-24(2)20-16(21(29-28-20)27-22(32)25(10-7-11-25)36(3,4)5)12-30(24)23(33)26-17(13-31)15-8-6-9-18-19(15)35-14-34-18/h6,8-9,17,31H,7,10-14H2,1-5H3,(H,26,33)(H2,27,28,29,32). The van der Waals surface area contributed by atoms with E-state index in [1.165, 1.54) is 0 Å². The van der Waals surface area contributed by atoms with Crippen LogP contribution >= 0.6 is 0 Å². The molecule has 3 heterocycles. The van der Waals surface area contributed by atoms with Crippen molar-refractivity contribution in [2.75, 3.05) is 18.7 Å². The lowest BCUT2D eigenvalue weighted by atomic mass is 9.83. The fourth-order valence-corrected chi connectivity index (χ4v) is 8.29. The number of anilines is 1. The molecule has 1 atom stereocenters. The first-order chi connectivity index (χ1) is 17.0. The van der Waals surface area contributed by atoms with E-state index in [1.807, 2.05) is 13.8 Å². The summed E-state index contributed by atoms with van der Waals surface area (Å²) in [6.45, 7) is 10.7. The zero-order valence-corrected chi connectivity index (χ0v) is 22.5. The molecule has 1 aromatic heterocycles. The van der Waals surface area contributed by atoms with Crippen molar-refractivity contribution in [3.05, 3.63) is 35.0 Å². The fourth-order valence-electron chi connectivity index (χ4n) is 5.70. The van der Waals surface area contributed by atoms with Crippen LogP contribution in [0.25, 0.3) is 0 Å². The van der Waals surface area contributed by atoms with Gasteiger partial charge in [0.25, 0.3) is 0 Å². The molecular weight excluding hydrogens is 478 g/mol. The minimum atomic E-state index is -1.74. The number of aliphatic hydroxyl groups excluding tert-OH is 1. The summed E-state index contributed by atoms with van der Waals surface area (Å²) in [4.78, 5) is 28.6. The van der Waals surface area contributed by atoms with Crippen LogP contribution in [0.3, 0.4) is 0 Å². The summed E-state index contributed by atoms with van der Waals surface area (Å²) in [5.41, 5.74) is 1.57. The monoisotopic (exact) mass is 513 g/mol. The van der Waals surface area contributed by atoms with Crippen molar-refractivity contribution in [3.63, 3.8) is 0 Å². The second kappa shape index (κ2) is 8.51. The maximum absolute atomic E-state index is 13.5. The third-order valence-electron chi connectivity index (χ3n) is 8.31. The first-order valence-corrected chi connectivity index (χ1v) is 16.0. The third kappa shape index (κ3) is 3.67. The molecule has 1 aliphatic carbocycles. The SMILES string of the molecule is CC1(C)c2[nH]nc(NC(=O)C3([Si](C)(C)C)CCC3)c2CN1C(=O)NC(CO)c1cccc2c1OCO2. The average Bonchev–Trinajstić information content (AvgIpc) is 3.46. The average molecular weight is 514 g/mol. The molecule has 4 N–H and O–H groups in total. The molecule has 36 heavy (non-hydrogen) atoms. The molecule has 2 aromatic rings. The number of fused-ring (bicyclic) bond motifs is 2. The molecule has 3 amide bonds. The van der Waals surface area contributed by atoms with Gasteiger partial charge in [0.1, 0.15) is 0 Å². The van der Waals surface area contributed by atoms with Gasteiger partial charge in [-0.15, -0.1) is 0 Å². The quantitative estimate of drug-likeness (QED) is 0.435. The van der Waals surface area contributed by atoms with Gasteiger partial charge in [0, 0.05) is 16.2 Å². The summed E-state index contributed by atoms with van der Waals surface area (Å²) in [6, 6.07) is 4.39. The van der Waals surface area contributed by atoms with Crippen molar-refractivity contribution in [1.29, 1.82) is 0 Å². The van der Waals surface area contributed by atoms with Gasteiger partial charge < -0.3 is 30.1 Å². The number of rotatable bonds is 6. The number of para-hydroxylation sites is 1. The Morgan fingerprint density at radius 3 is 2.64 bits per heavy atom. The van der Waals surface area contributed by atoms with Crippen molar-refractivity contribution in [1.82, 2.24) is 20.4 Å². The number of carbonyl (C=O) groups excluding carboxylic acids is 2. The second-order valence-corrected chi connectivity index (χ2v) is 16.9. The van der Waals surface area contributed by atoms with Gasteiger partial charge in [0.05, 0.1) is 38.5 Å². The number of nitrogens with zero attached hydrogens (tertiary/aromatic N) is 2. The lowest BCUT2D eigenvalue weighted by molar-refractivity contribution is -0.121. The first kappa shape index (κ1) is 24.6. The van der Waals surface area contributed by atoms with Crippen molar-refractivity contribution in [2.24, 2.45) is 0 Å². The van der Waals surface area contributed by atoms with Crippen LogP contribution in [-0.2, 0) is 16.9 Å². The predicted octanol–water partition coefficient (Wildman–Crippen LogP) is 3.83. The number of aromatic nitrogens is 2. The molecule has 0 saturated heterocycles. The minimum absolute atomic E-state index is 0.0448. The van der Waals surface area contributed by atoms with Crippen molar-refractivity contribution < 1.29 is 24.2 Å². The molecule has 0 radical (unpaired) electrons. The fraction of sp³-hybridized carbons (Fsp3) is 0.560. The highest BCUT2D eigenvalue weighted by molar-refractivity contribution is 6.83. The Kier molecular flexibility index (Phi) is 5.83. The topological polar surface area (TPSA) is 129 Å². The number of carbonyl (C=O) groups is 2. The molecule has 0 spiro atoms. The van der Waals surface area contributed by atoms with Gasteiger partial charge in [-0.3, -0.25) is 9.89 Å². The number of ether oxygens (including phenoxy) is 2. The lowest BCUT2D eigenvalue weighted by Gasteiger charge is -2.48. The summed E-state index contributed by atoms with van der Waals surface area (Å²) >= 11 is 0. The summed E-state index contributed by atoms with van der Waals surface area (Å²) in [5, 5.41) is 23.3. The van der Waals surface area contributed by atoms with Gasteiger partial charge in [0.15, 0.2) is 17.3 Å². The molecule has 3 aliphatic rings. The molecule has 1 fully saturated rings. The van der Waals surface area contributed by atoms with Gasteiger partial charge in [-0.25, -0.2) is 4.79 Å². The maximum atomic E-state index is 13.5. The van der Waals surface area contributed by atoms with E-state index < -0.39 is 19.7 Å². The second-order valence-electron chi connectivity index (χ2n) is 11.5. The summed E-state index contributed by atoms with van der Waals surface area (Å²) in [5.74, 6) is 1.66. The van der Waals surface area contributed by atoms with Gasteiger partial charge >= 0.3 is 6.03 Å². The number of H-pyrrole nitrogens is 1. The zero-order valence-electron chi connectivity index (χ0n) is 21.5. The van der Waals surface area contributed by atoms with E-state index in [9.17, 15) is 14.7 Å². The third-order valence-corrected chi connectivity index (χ3v) is 11.9. The van der Waals surface area contributed by atoms with Crippen molar-refractivity contribution in [2.45, 2.75) is 75.9 Å². The van der Waals surface area contributed by atoms with Gasteiger partial charge in [0.2, 0.25) is 12.7 Å². The van der Waals surface area contributed by atoms with Crippen LogP contribution in [0.4, 0.5) is 10.6 Å². The van der Waals surface area contributed by atoms with Crippen molar-refractivity contribution in [3.8, 4) is 11.5 Å². The highest BCUT2D eigenvalue weighted by Gasteiger charge is 2.54. The summed E-state index contributed by atoms with van der Waals surface area (Å²) in [6.07, 6.45) is 2.91. The van der Waals surface area contributed by atoms with Crippen LogP contribution in [0.2, 0.25) is 24.7 Å². The number of aromatic amines is 1. The number of hydrogen-bond donors (Lipinski definition) is 4. The zero-order chi connectivity index (χ0) is 25.9. The highest BCUT2D eigenvalue weighted by Crippen LogP contribution is 2.56. The Labute approximate surface area is 211 Å².